The van der Waals surface area contributed by atoms with Gasteiger partial charge < -0.3 is 4.74 Å². The minimum atomic E-state index is -0.447. The van der Waals surface area contributed by atoms with Gasteiger partial charge >= 0.3 is 0 Å². The van der Waals surface area contributed by atoms with Crippen molar-refractivity contribution >= 4 is 21.6 Å². The zero-order chi connectivity index (χ0) is 13.1. The van der Waals surface area contributed by atoms with Crippen LogP contribution in [0.3, 0.4) is 0 Å². The van der Waals surface area contributed by atoms with E-state index >= 15 is 0 Å². The summed E-state index contributed by atoms with van der Waals surface area (Å²) in [6.07, 6.45) is 2.88. The number of benzene rings is 1. The van der Waals surface area contributed by atoms with Crippen LogP contribution >= 0.6 is 15.9 Å². The Kier molecular flexibility index (Phi) is 3.52. The molecule has 0 N–H and O–H groups in total. The second kappa shape index (κ2) is 5.09. The lowest BCUT2D eigenvalue weighted by Gasteiger charge is -2.08. The van der Waals surface area contributed by atoms with Crippen molar-refractivity contribution in [3.8, 4) is 11.6 Å². The smallest absolute Gasteiger partial charge is 0.276 e. The minimum absolute atomic E-state index is 0.0117. The highest BCUT2D eigenvalue weighted by Crippen LogP contribution is 2.32. The van der Waals surface area contributed by atoms with E-state index in [1.165, 1.54) is 18.6 Å². The van der Waals surface area contributed by atoms with Crippen LogP contribution in [0, 0.1) is 17.0 Å². The van der Waals surface area contributed by atoms with Gasteiger partial charge in [0.25, 0.3) is 5.69 Å². The Morgan fingerprint density at radius 2 is 2.22 bits per heavy atom. The zero-order valence-corrected chi connectivity index (χ0v) is 10.9. The highest BCUT2D eigenvalue weighted by molar-refractivity contribution is 9.10. The summed E-state index contributed by atoms with van der Waals surface area (Å²) in [5, 5.41) is 10.8. The minimum Gasteiger partial charge on any atom is -0.437 e. The van der Waals surface area contributed by atoms with Gasteiger partial charge in [-0.15, -0.1) is 0 Å². The maximum atomic E-state index is 10.8. The lowest BCUT2D eigenvalue weighted by Crippen LogP contribution is -1.96. The third kappa shape index (κ3) is 2.45. The summed E-state index contributed by atoms with van der Waals surface area (Å²) in [5.74, 6) is 0.706. The average Bonchev–Trinajstić information content (AvgIpc) is 2.34. The molecular formula is C11H8BrN3O3. The second-order valence-corrected chi connectivity index (χ2v) is 4.29. The average molecular weight is 310 g/mol. The van der Waals surface area contributed by atoms with Crippen LogP contribution in [-0.2, 0) is 0 Å². The van der Waals surface area contributed by atoms with Crippen LogP contribution < -0.4 is 4.74 Å². The maximum Gasteiger partial charge on any atom is 0.276 e. The summed E-state index contributed by atoms with van der Waals surface area (Å²) < 4.78 is 6.11. The Balaban J connectivity index is 2.39. The first kappa shape index (κ1) is 12.4. The molecule has 92 valence electrons. The Morgan fingerprint density at radius 1 is 1.44 bits per heavy atom. The number of ether oxygens (including phenoxy) is 1. The van der Waals surface area contributed by atoms with E-state index in [2.05, 4.69) is 25.9 Å². The first-order chi connectivity index (χ1) is 8.59. The van der Waals surface area contributed by atoms with Crippen molar-refractivity contribution in [2.24, 2.45) is 0 Å². The summed E-state index contributed by atoms with van der Waals surface area (Å²) in [4.78, 5) is 18.1. The zero-order valence-electron chi connectivity index (χ0n) is 9.33. The Morgan fingerprint density at radius 3 is 2.89 bits per heavy atom. The first-order valence-electron chi connectivity index (χ1n) is 4.97. The van der Waals surface area contributed by atoms with Gasteiger partial charge in [0, 0.05) is 12.3 Å². The van der Waals surface area contributed by atoms with Gasteiger partial charge in [-0.3, -0.25) is 10.1 Å². The molecule has 0 amide bonds. The number of nitro benzene ring substituents is 1. The van der Waals surface area contributed by atoms with Gasteiger partial charge in [0.05, 0.1) is 15.0 Å². The molecule has 0 aliphatic carbocycles. The summed E-state index contributed by atoms with van der Waals surface area (Å²) in [6, 6.07) is 4.64. The topological polar surface area (TPSA) is 78.2 Å². The molecule has 0 saturated heterocycles. The molecule has 0 saturated carbocycles. The number of hydrogen-bond acceptors (Lipinski definition) is 5. The summed E-state index contributed by atoms with van der Waals surface area (Å²) in [5.41, 5.74) is 0.464. The number of halogens is 1. The lowest BCUT2D eigenvalue weighted by atomic mass is 10.2. The molecular weight excluding hydrogens is 302 g/mol. The third-order valence-electron chi connectivity index (χ3n) is 2.29. The summed E-state index contributed by atoms with van der Waals surface area (Å²) in [7, 11) is 0. The highest BCUT2D eigenvalue weighted by atomic mass is 79.9. The molecule has 0 fully saturated rings. The van der Waals surface area contributed by atoms with Crippen molar-refractivity contribution in [1.82, 2.24) is 9.97 Å². The quantitative estimate of drug-likeness (QED) is 0.642. The number of nitro groups is 1. The van der Waals surface area contributed by atoms with Gasteiger partial charge in [0.2, 0.25) is 5.88 Å². The maximum absolute atomic E-state index is 10.8. The monoisotopic (exact) mass is 309 g/mol. The Hall–Kier alpha value is -2.02. The highest BCUT2D eigenvalue weighted by Gasteiger charge is 2.15. The largest absolute Gasteiger partial charge is 0.437 e. The van der Waals surface area contributed by atoms with Crippen molar-refractivity contribution < 1.29 is 9.66 Å². The predicted octanol–water partition coefficient (Wildman–Crippen LogP) is 3.25. The van der Waals surface area contributed by atoms with Crippen LogP contribution in [-0.4, -0.2) is 14.9 Å². The van der Waals surface area contributed by atoms with Crippen molar-refractivity contribution in [1.29, 1.82) is 0 Å². The van der Waals surface area contributed by atoms with Crippen LogP contribution in [0.15, 0.2) is 35.2 Å². The van der Waals surface area contributed by atoms with Gasteiger partial charge in [-0.1, -0.05) is 6.07 Å². The van der Waals surface area contributed by atoms with Gasteiger partial charge in [-0.2, -0.15) is 0 Å². The van der Waals surface area contributed by atoms with Crippen molar-refractivity contribution in [3.05, 3.63) is 50.9 Å². The van der Waals surface area contributed by atoms with Gasteiger partial charge in [-0.05, 0) is 28.9 Å². The molecule has 6 nitrogen and oxygen atoms in total. The Labute approximate surface area is 111 Å². The van der Waals surface area contributed by atoms with E-state index < -0.39 is 4.92 Å². The van der Waals surface area contributed by atoms with Gasteiger partial charge in [0.15, 0.2) is 0 Å². The molecule has 0 bridgehead atoms. The van der Waals surface area contributed by atoms with E-state index in [4.69, 9.17) is 4.74 Å². The molecule has 0 unspecified atom stereocenters. The van der Waals surface area contributed by atoms with E-state index in [0.717, 1.165) is 0 Å². The van der Waals surface area contributed by atoms with Crippen LogP contribution in [0.2, 0.25) is 0 Å². The molecule has 7 heteroatoms. The third-order valence-corrected chi connectivity index (χ3v) is 2.84. The van der Waals surface area contributed by atoms with Crippen molar-refractivity contribution in [2.75, 3.05) is 0 Å². The fraction of sp³-hybridized carbons (Fsp3) is 0.0909. The standard InChI is InChI=1S/C11H8BrN3O3/c1-7-9(15(16)17)3-2-4-10(7)18-11-8(12)5-13-6-14-11/h2-6H,1H3. The van der Waals surface area contributed by atoms with Crippen LogP contribution in [0.1, 0.15) is 5.56 Å². The molecule has 1 aromatic heterocycles. The van der Waals surface area contributed by atoms with E-state index in [0.29, 0.717) is 21.7 Å². The number of aromatic nitrogens is 2. The molecule has 18 heavy (non-hydrogen) atoms. The first-order valence-corrected chi connectivity index (χ1v) is 5.76. The second-order valence-electron chi connectivity index (χ2n) is 3.44. The van der Waals surface area contributed by atoms with Gasteiger partial charge in [0.1, 0.15) is 12.1 Å². The van der Waals surface area contributed by atoms with E-state index in [9.17, 15) is 10.1 Å². The van der Waals surface area contributed by atoms with E-state index in [1.54, 1.807) is 19.1 Å². The summed E-state index contributed by atoms with van der Waals surface area (Å²) in [6.45, 7) is 1.63. The predicted molar refractivity (Wildman–Crippen MR) is 67.6 cm³/mol. The molecule has 0 spiro atoms. The molecule has 2 rings (SSSR count). The lowest BCUT2D eigenvalue weighted by molar-refractivity contribution is -0.385. The van der Waals surface area contributed by atoms with Crippen LogP contribution in [0.25, 0.3) is 0 Å². The van der Waals surface area contributed by atoms with Gasteiger partial charge in [-0.25, -0.2) is 9.97 Å². The van der Waals surface area contributed by atoms with Crippen molar-refractivity contribution in [2.45, 2.75) is 6.92 Å². The SMILES string of the molecule is Cc1c(Oc2ncncc2Br)cccc1[N+](=O)[O-]. The van der Waals surface area contributed by atoms with Crippen molar-refractivity contribution in [3.63, 3.8) is 0 Å². The van der Waals surface area contributed by atoms with E-state index in [-0.39, 0.29) is 5.69 Å². The molecule has 0 aliphatic heterocycles. The van der Waals surface area contributed by atoms with Crippen LogP contribution in [0.5, 0.6) is 11.6 Å². The van der Waals surface area contributed by atoms with E-state index in [1.807, 2.05) is 0 Å². The molecule has 0 aliphatic rings. The normalized spacial score (nSPS) is 10.1. The Bertz CT molecular complexity index is 604. The van der Waals surface area contributed by atoms with Crippen LogP contribution in [0.4, 0.5) is 5.69 Å². The molecule has 2 aromatic rings. The number of hydrogen-bond donors (Lipinski definition) is 0. The molecule has 0 atom stereocenters. The molecule has 1 aromatic carbocycles. The number of nitrogens with zero attached hydrogens (tertiary/aromatic N) is 3. The fourth-order valence-corrected chi connectivity index (χ4v) is 1.69. The number of rotatable bonds is 3. The molecule has 1 heterocycles. The summed E-state index contributed by atoms with van der Waals surface area (Å²) >= 11 is 3.24. The fourth-order valence-electron chi connectivity index (χ4n) is 1.39. The molecule has 0 radical (unpaired) electrons.